The molecule has 5 aliphatic heterocycles. The number of morpholine rings is 1. The van der Waals surface area contributed by atoms with Crippen LogP contribution in [0.25, 0.3) is 32.2 Å². The lowest BCUT2D eigenvalue weighted by atomic mass is 9.93. The number of ether oxygens (including phenoxy) is 3. The number of nitriles is 1. The molecule has 5 fully saturated rings. The van der Waals surface area contributed by atoms with Crippen molar-refractivity contribution < 1.29 is 23.0 Å². The van der Waals surface area contributed by atoms with Gasteiger partial charge in [0.15, 0.2) is 11.6 Å². The summed E-state index contributed by atoms with van der Waals surface area (Å²) in [6, 6.07) is 3.59. The van der Waals surface area contributed by atoms with Crippen LogP contribution in [0.4, 0.5) is 19.6 Å². The number of thiophene rings is 1. The van der Waals surface area contributed by atoms with Crippen LogP contribution in [0.1, 0.15) is 55.2 Å². The minimum Gasteiger partial charge on any atom is -0.463 e. The van der Waals surface area contributed by atoms with Crippen LogP contribution >= 0.6 is 11.3 Å². The van der Waals surface area contributed by atoms with Crippen molar-refractivity contribution >= 4 is 43.1 Å². The summed E-state index contributed by atoms with van der Waals surface area (Å²) in [5.74, 6) is -0.554. The van der Waals surface area contributed by atoms with Crippen molar-refractivity contribution in [1.82, 2.24) is 25.2 Å². The van der Waals surface area contributed by atoms with E-state index in [4.69, 9.17) is 29.9 Å². The smallest absolute Gasteiger partial charge is 0.319 e. The van der Waals surface area contributed by atoms with Crippen molar-refractivity contribution in [2.75, 3.05) is 50.1 Å². The van der Waals surface area contributed by atoms with E-state index in [0.29, 0.717) is 35.5 Å². The second-order valence-corrected chi connectivity index (χ2v) is 15.7. The molecule has 11 nitrogen and oxygen atoms in total. The van der Waals surface area contributed by atoms with Gasteiger partial charge < -0.3 is 30.2 Å². The van der Waals surface area contributed by atoms with Crippen LogP contribution in [-0.2, 0) is 22.7 Å². The quantitative estimate of drug-likeness (QED) is 0.282. The third-order valence-corrected chi connectivity index (χ3v) is 12.8. The van der Waals surface area contributed by atoms with Gasteiger partial charge in [0.1, 0.15) is 22.4 Å². The molecule has 0 amide bonds. The number of aromatic nitrogens is 3. The van der Waals surface area contributed by atoms with Crippen LogP contribution in [0.3, 0.4) is 0 Å². The largest absolute Gasteiger partial charge is 0.463 e. The predicted octanol–water partition coefficient (Wildman–Crippen LogP) is 4.63. The predicted molar refractivity (Wildman–Crippen MR) is 179 cm³/mol. The average Bonchev–Trinajstić information content (AvgIpc) is 3.27. The topological polar surface area (TPSA) is 135 Å². The third-order valence-electron chi connectivity index (χ3n) is 11.8. The lowest BCUT2D eigenvalue weighted by molar-refractivity contribution is -0.0271. The zero-order valence-electron chi connectivity index (χ0n) is 26.9. The zero-order chi connectivity index (χ0) is 33.0. The highest BCUT2D eigenvalue weighted by Gasteiger charge is 2.50. The van der Waals surface area contributed by atoms with E-state index in [0.717, 1.165) is 81.6 Å². The monoisotopic (exact) mass is 686 g/mol. The molecule has 10 rings (SSSR count). The summed E-state index contributed by atoms with van der Waals surface area (Å²) in [5, 5.41) is 14.5. The number of piperazine rings is 1. The Morgan fingerprint density at radius 3 is 2.49 bits per heavy atom. The first-order valence-electron chi connectivity index (χ1n) is 17.3. The van der Waals surface area contributed by atoms with Crippen molar-refractivity contribution in [2.24, 2.45) is 5.41 Å². The van der Waals surface area contributed by atoms with E-state index in [1.54, 1.807) is 0 Å². The van der Waals surface area contributed by atoms with Gasteiger partial charge in [-0.2, -0.15) is 15.2 Å². The molecule has 1 aliphatic carbocycles. The number of nitrogens with zero attached hydrogens (tertiary/aromatic N) is 6. The summed E-state index contributed by atoms with van der Waals surface area (Å²) in [6.45, 7) is 4.99. The molecule has 1 saturated carbocycles. The summed E-state index contributed by atoms with van der Waals surface area (Å²) in [4.78, 5) is 19.2. The van der Waals surface area contributed by atoms with Crippen molar-refractivity contribution in [2.45, 2.75) is 75.9 Å². The molecule has 3 aromatic heterocycles. The molecule has 0 radical (unpaired) electrons. The Hall–Kier alpha value is -3.74. The molecule has 8 heterocycles. The molecule has 14 heteroatoms. The first-order valence-corrected chi connectivity index (χ1v) is 18.1. The first-order chi connectivity index (χ1) is 23.9. The van der Waals surface area contributed by atoms with E-state index in [9.17, 15) is 5.26 Å². The number of nitrogens with two attached hydrogens (primary N) is 1. The van der Waals surface area contributed by atoms with E-state index in [1.165, 1.54) is 12.8 Å². The number of pyridine rings is 1. The van der Waals surface area contributed by atoms with Gasteiger partial charge in [0.25, 0.3) is 0 Å². The molecular weight excluding hydrogens is 651 g/mol. The Balaban J connectivity index is 1.12. The second-order valence-electron chi connectivity index (χ2n) is 14.6. The molecule has 4 aromatic rings. The highest BCUT2D eigenvalue weighted by Crippen LogP contribution is 2.50. The highest BCUT2D eigenvalue weighted by molar-refractivity contribution is 7.23. The average molecular weight is 687 g/mol. The Morgan fingerprint density at radius 1 is 1.02 bits per heavy atom. The SMILES string of the molecule is N#Cc1c(N)sc2c(F)cnc(-c3c4c(c5c(N6C7CCC6CNC7)nc(OCC6(CN7C8CCC7COC8)CC6)nc5c3F)COC4)c12. The van der Waals surface area contributed by atoms with Crippen molar-refractivity contribution in [3.05, 3.63) is 34.5 Å². The van der Waals surface area contributed by atoms with Crippen LogP contribution in [0.15, 0.2) is 6.20 Å². The fraction of sp³-hybridized carbons (Fsp3) is 0.543. The lowest BCUT2D eigenvalue weighted by Crippen LogP contribution is -2.52. The van der Waals surface area contributed by atoms with E-state index in [2.05, 4.69) is 26.2 Å². The normalized spacial score (nSPS) is 26.8. The number of halogens is 2. The highest BCUT2D eigenvalue weighted by atomic mass is 32.1. The summed E-state index contributed by atoms with van der Waals surface area (Å²) in [6.07, 6.45) is 7.55. The molecule has 3 N–H and O–H groups in total. The maximum Gasteiger partial charge on any atom is 0.319 e. The van der Waals surface area contributed by atoms with Crippen molar-refractivity contribution in [3.63, 3.8) is 0 Å². The fourth-order valence-electron chi connectivity index (χ4n) is 9.10. The molecule has 4 atom stereocenters. The number of fused-ring (bicyclic) bond motifs is 8. The molecular formula is C35H36F2N8O3S. The van der Waals surface area contributed by atoms with Gasteiger partial charge in [0.05, 0.1) is 60.6 Å². The van der Waals surface area contributed by atoms with E-state index in [-0.39, 0.29) is 74.1 Å². The van der Waals surface area contributed by atoms with Gasteiger partial charge in [0.2, 0.25) is 0 Å². The number of nitrogen functional groups attached to an aromatic ring is 1. The molecule has 6 aliphatic rings. The molecule has 1 aromatic carbocycles. The Labute approximate surface area is 285 Å². The number of rotatable bonds is 7. The number of benzene rings is 1. The van der Waals surface area contributed by atoms with Gasteiger partial charge in [-0.3, -0.25) is 9.88 Å². The Kier molecular flexibility index (Phi) is 6.84. The molecule has 4 bridgehead atoms. The fourth-order valence-corrected chi connectivity index (χ4v) is 10.0. The summed E-state index contributed by atoms with van der Waals surface area (Å²) in [7, 11) is 0. The van der Waals surface area contributed by atoms with Gasteiger partial charge in [-0.25, -0.2) is 8.78 Å². The number of anilines is 2. The summed E-state index contributed by atoms with van der Waals surface area (Å²) >= 11 is 0.962. The van der Waals surface area contributed by atoms with Crippen LogP contribution in [0.2, 0.25) is 0 Å². The van der Waals surface area contributed by atoms with E-state index in [1.807, 2.05) is 0 Å². The standard InChI is InChI=1S/C35H36F2N8O3S/c36-24-10-41-29(26-21(7-38)32(39)49-31(24)26)25-22-13-47-14-23(22)27-30(28(25)37)42-34(43-33(27)45-17-1-2-18(45)9-40-8-17)48-16-35(5-6-35)15-44-19-3-4-20(44)12-46-11-19/h10,17-20,40H,1-6,8-9,11-16,39H2. The van der Waals surface area contributed by atoms with Gasteiger partial charge in [-0.15, -0.1) is 11.3 Å². The Bertz CT molecular complexity index is 2050. The zero-order valence-corrected chi connectivity index (χ0v) is 27.8. The van der Waals surface area contributed by atoms with Gasteiger partial charge in [0, 0.05) is 60.2 Å². The number of hydrogen-bond acceptors (Lipinski definition) is 12. The second kappa shape index (κ2) is 11.1. The lowest BCUT2D eigenvalue weighted by Gasteiger charge is -2.37. The maximum atomic E-state index is 17.4. The number of hydrogen-bond donors (Lipinski definition) is 2. The Morgan fingerprint density at radius 2 is 1.76 bits per heavy atom. The van der Waals surface area contributed by atoms with Crippen LogP contribution < -0.4 is 20.7 Å². The maximum absolute atomic E-state index is 17.4. The molecule has 4 unspecified atom stereocenters. The van der Waals surface area contributed by atoms with Crippen LogP contribution in [0.5, 0.6) is 6.01 Å². The van der Waals surface area contributed by atoms with Gasteiger partial charge in [-0.1, -0.05) is 0 Å². The molecule has 49 heavy (non-hydrogen) atoms. The molecule has 254 valence electrons. The van der Waals surface area contributed by atoms with Crippen molar-refractivity contribution in [1.29, 1.82) is 5.26 Å². The van der Waals surface area contributed by atoms with Crippen molar-refractivity contribution in [3.8, 4) is 23.3 Å². The van der Waals surface area contributed by atoms with E-state index >= 15 is 8.78 Å². The summed E-state index contributed by atoms with van der Waals surface area (Å²) in [5.41, 5.74) is 8.07. The van der Waals surface area contributed by atoms with E-state index < -0.39 is 11.6 Å². The first kappa shape index (κ1) is 30.1. The van der Waals surface area contributed by atoms with Crippen LogP contribution in [0, 0.1) is 28.4 Å². The minimum absolute atomic E-state index is 0.0103. The van der Waals surface area contributed by atoms with Crippen LogP contribution in [-0.4, -0.2) is 83.5 Å². The molecule has 4 saturated heterocycles. The van der Waals surface area contributed by atoms with Gasteiger partial charge in [-0.05, 0) is 49.7 Å². The summed E-state index contributed by atoms with van der Waals surface area (Å²) < 4.78 is 50.9. The van der Waals surface area contributed by atoms with Gasteiger partial charge >= 0.3 is 6.01 Å². The third kappa shape index (κ3) is 4.59. The molecule has 0 spiro atoms. The number of nitrogens with one attached hydrogen (secondary N) is 1. The minimum atomic E-state index is -0.615.